The predicted octanol–water partition coefficient (Wildman–Crippen LogP) is 5.40. The van der Waals surface area contributed by atoms with E-state index in [1.54, 1.807) is 22.8 Å². The van der Waals surface area contributed by atoms with Crippen molar-refractivity contribution >= 4 is 29.6 Å². The number of aromatic nitrogens is 3. The van der Waals surface area contributed by atoms with Gasteiger partial charge in [-0.05, 0) is 34.2 Å². The lowest BCUT2D eigenvalue weighted by molar-refractivity contribution is 0.590. The van der Waals surface area contributed by atoms with Gasteiger partial charge in [-0.25, -0.2) is 0 Å². The highest BCUT2D eigenvalue weighted by molar-refractivity contribution is 7.98. The van der Waals surface area contributed by atoms with E-state index in [9.17, 15) is 0 Å². The van der Waals surface area contributed by atoms with Crippen LogP contribution in [0.4, 0.5) is 0 Å². The molecule has 134 valence electrons. The quantitative estimate of drug-likeness (QED) is 0.436. The third-order valence-corrected chi connectivity index (χ3v) is 5.15. The normalized spacial score (nSPS) is 12.0. The van der Waals surface area contributed by atoms with Crippen LogP contribution in [0.1, 0.15) is 37.5 Å². The standard InChI is InChI=1S/C20H21ClN4S/c1-20(2,3)17-8-4-15(5-9-17)12-23-25-14-22-24-19(25)26-13-16-6-10-18(21)11-7-16/h4-12,14H,13H2,1-3H3/b23-12-. The Morgan fingerprint density at radius 3 is 2.42 bits per heavy atom. The van der Waals surface area contributed by atoms with Crippen LogP contribution in [0.25, 0.3) is 0 Å². The van der Waals surface area contributed by atoms with Crippen molar-refractivity contribution in [1.82, 2.24) is 14.9 Å². The summed E-state index contributed by atoms with van der Waals surface area (Å²) in [5.41, 5.74) is 3.67. The molecule has 1 heterocycles. The van der Waals surface area contributed by atoms with Crippen LogP contribution in [0.3, 0.4) is 0 Å². The van der Waals surface area contributed by atoms with Crippen LogP contribution < -0.4 is 0 Å². The molecule has 0 bridgehead atoms. The molecule has 0 aliphatic carbocycles. The first-order chi connectivity index (χ1) is 12.4. The Morgan fingerprint density at radius 2 is 1.77 bits per heavy atom. The molecule has 0 radical (unpaired) electrons. The van der Waals surface area contributed by atoms with Gasteiger partial charge in [0.1, 0.15) is 6.33 Å². The summed E-state index contributed by atoms with van der Waals surface area (Å²) in [5, 5.41) is 14.1. The molecule has 3 aromatic rings. The zero-order valence-electron chi connectivity index (χ0n) is 15.1. The van der Waals surface area contributed by atoms with Crippen LogP contribution in [-0.2, 0) is 11.2 Å². The smallest absolute Gasteiger partial charge is 0.195 e. The molecule has 0 aliphatic rings. The van der Waals surface area contributed by atoms with Crippen LogP contribution in [-0.4, -0.2) is 21.1 Å². The van der Waals surface area contributed by atoms with Gasteiger partial charge in [0.25, 0.3) is 0 Å². The van der Waals surface area contributed by atoms with E-state index < -0.39 is 0 Å². The van der Waals surface area contributed by atoms with Gasteiger partial charge >= 0.3 is 0 Å². The first-order valence-corrected chi connectivity index (χ1v) is 9.70. The van der Waals surface area contributed by atoms with E-state index in [-0.39, 0.29) is 5.41 Å². The van der Waals surface area contributed by atoms with Gasteiger partial charge in [-0.2, -0.15) is 9.78 Å². The maximum atomic E-state index is 5.92. The summed E-state index contributed by atoms with van der Waals surface area (Å²) in [7, 11) is 0. The molecule has 3 rings (SSSR count). The fourth-order valence-corrected chi connectivity index (χ4v) is 3.27. The largest absolute Gasteiger partial charge is 0.212 e. The average Bonchev–Trinajstić information content (AvgIpc) is 3.06. The van der Waals surface area contributed by atoms with Crippen molar-refractivity contribution in [2.24, 2.45) is 5.10 Å². The van der Waals surface area contributed by atoms with Crippen molar-refractivity contribution in [2.45, 2.75) is 37.1 Å². The van der Waals surface area contributed by atoms with Crippen LogP contribution in [0, 0.1) is 0 Å². The van der Waals surface area contributed by atoms with Gasteiger partial charge in [-0.3, -0.25) is 0 Å². The van der Waals surface area contributed by atoms with Crippen LogP contribution >= 0.6 is 23.4 Å². The van der Waals surface area contributed by atoms with Gasteiger partial charge < -0.3 is 0 Å². The zero-order chi connectivity index (χ0) is 18.6. The third-order valence-electron chi connectivity index (χ3n) is 3.89. The second-order valence-electron chi connectivity index (χ2n) is 6.99. The van der Waals surface area contributed by atoms with Gasteiger partial charge in [0.2, 0.25) is 5.16 Å². The molecular weight excluding hydrogens is 364 g/mol. The fourth-order valence-electron chi connectivity index (χ4n) is 2.32. The Morgan fingerprint density at radius 1 is 1.08 bits per heavy atom. The Labute approximate surface area is 163 Å². The average molecular weight is 385 g/mol. The van der Waals surface area contributed by atoms with E-state index in [0.717, 1.165) is 21.5 Å². The van der Waals surface area contributed by atoms with Crippen LogP contribution in [0.2, 0.25) is 5.02 Å². The molecule has 4 nitrogen and oxygen atoms in total. The highest BCUT2D eigenvalue weighted by Gasteiger charge is 2.12. The second-order valence-corrected chi connectivity index (χ2v) is 8.37. The summed E-state index contributed by atoms with van der Waals surface area (Å²) in [6, 6.07) is 16.2. The van der Waals surface area contributed by atoms with E-state index in [1.165, 1.54) is 11.1 Å². The highest BCUT2D eigenvalue weighted by atomic mass is 35.5. The minimum Gasteiger partial charge on any atom is -0.195 e. The molecular formula is C20H21ClN4S. The molecule has 0 fully saturated rings. The number of nitrogens with zero attached hydrogens (tertiary/aromatic N) is 4. The lowest BCUT2D eigenvalue weighted by Gasteiger charge is -2.18. The number of hydrogen-bond donors (Lipinski definition) is 0. The van der Waals surface area contributed by atoms with Crippen molar-refractivity contribution in [2.75, 3.05) is 0 Å². The van der Waals surface area contributed by atoms with Crippen LogP contribution in [0.15, 0.2) is 65.1 Å². The Balaban J connectivity index is 1.66. The summed E-state index contributed by atoms with van der Waals surface area (Å²) in [5.74, 6) is 0.783. The van der Waals surface area contributed by atoms with Crippen molar-refractivity contribution < 1.29 is 0 Å². The first kappa shape index (κ1) is 18.7. The lowest BCUT2D eigenvalue weighted by atomic mass is 9.87. The Kier molecular flexibility index (Phi) is 5.79. The maximum absolute atomic E-state index is 5.92. The molecule has 0 spiro atoms. The molecule has 0 unspecified atom stereocenters. The van der Waals surface area contributed by atoms with Gasteiger partial charge in [0.05, 0.1) is 6.21 Å². The first-order valence-electron chi connectivity index (χ1n) is 8.34. The van der Waals surface area contributed by atoms with Gasteiger partial charge in [0.15, 0.2) is 0 Å². The molecule has 2 aromatic carbocycles. The van der Waals surface area contributed by atoms with E-state index in [0.29, 0.717) is 0 Å². The maximum Gasteiger partial charge on any atom is 0.212 e. The summed E-state index contributed by atoms with van der Waals surface area (Å²) in [6.45, 7) is 6.62. The van der Waals surface area contributed by atoms with E-state index >= 15 is 0 Å². The third kappa shape index (κ3) is 4.96. The molecule has 0 amide bonds. The fraction of sp³-hybridized carbons (Fsp3) is 0.250. The van der Waals surface area contributed by atoms with Crippen LogP contribution in [0.5, 0.6) is 0 Å². The summed E-state index contributed by atoms with van der Waals surface area (Å²) in [6.07, 6.45) is 3.44. The van der Waals surface area contributed by atoms with Crippen molar-refractivity contribution in [3.8, 4) is 0 Å². The van der Waals surface area contributed by atoms with E-state index in [4.69, 9.17) is 11.6 Å². The molecule has 0 atom stereocenters. The molecule has 0 saturated carbocycles. The minimum atomic E-state index is 0.148. The van der Waals surface area contributed by atoms with Gasteiger partial charge in [-0.1, -0.05) is 80.5 Å². The molecule has 1 aromatic heterocycles. The summed E-state index contributed by atoms with van der Waals surface area (Å²) >= 11 is 7.50. The minimum absolute atomic E-state index is 0.148. The monoisotopic (exact) mass is 384 g/mol. The molecule has 0 aliphatic heterocycles. The number of halogens is 1. The van der Waals surface area contributed by atoms with E-state index in [2.05, 4.69) is 60.3 Å². The summed E-state index contributed by atoms with van der Waals surface area (Å²) in [4.78, 5) is 0. The number of rotatable bonds is 5. The topological polar surface area (TPSA) is 43.1 Å². The van der Waals surface area contributed by atoms with Crippen molar-refractivity contribution in [1.29, 1.82) is 0 Å². The van der Waals surface area contributed by atoms with Gasteiger partial charge in [0, 0.05) is 10.8 Å². The number of thioether (sulfide) groups is 1. The van der Waals surface area contributed by atoms with Crippen molar-refractivity contribution in [3.05, 3.63) is 76.6 Å². The number of benzene rings is 2. The molecule has 6 heteroatoms. The highest BCUT2D eigenvalue weighted by Crippen LogP contribution is 2.23. The predicted molar refractivity (Wildman–Crippen MR) is 109 cm³/mol. The summed E-state index contributed by atoms with van der Waals surface area (Å²) < 4.78 is 1.69. The SMILES string of the molecule is CC(C)(C)c1ccc(/C=N\n2cnnc2SCc2ccc(Cl)cc2)cc1. The Hall–Kier alpha value is -2.11. The molecule has 26 heavy (non-hydrogen) atoms. The van der Waals surface area contributed by atoms with Crippen molar-refractivity contribution in [3.63, 3.8) is 0 Å². The lowest BCUT2D eigenvalue weighted by Crippen LogP contribution is -2.10. The molecule has 0 saturated heterocycles. The van der Waals surface area contributed by atoms with E-state index in [1.807, 2.05) is 30.5 Å². The van der Waals surface area contributed by atoms with Gasteiger partial charge in [-0.15, -0.1) is 10.2 Å². The number of hydrogen-bond acceptors (Lipinski definition) is 4. The molecule has 0 N–H and O–H groups in total. The second kappa shape index (κ2) is 8.06. The Bertz CT molecular complexity index is 877. The zero-order valence-corrected chi connectivity index (χ0v) is 16.6.